The van der Waals surface area contributed by atoms with Crippen LogP contribution >= 0.6 is 11.6 Å². The number of aliphatic carboxylic acids is 1. The molecule has 3 N–H and O–H groups in total. The maximum atomic E-state index is 10.5. The van der Waals surface area contributed by atoms with Gasteiger partial charge in [0.05, 0.1) is 6.42 Å². The minimum Gasteiger partial charge on any atom is -0.481 e. The average Bonchev–Trinajstić information content (AvgIpc) is 2.15. The second-order valence-corrected chi connectivity index (χ2v) is 3.52. The summed E-state index contributed by atoms with van der Waals surface area (Å²) in [5.74, 6) is -0.972. The number of carboxylic acid groups (broad SMARTS) is 1. The molecule has 0 heterocycles. The van der Waals surface area contributed by atoms with Crippen molar-refractivity contribution >= 4 is 17.6 Å². The standard InChI is InChI=1S/C10H12ClNO2/c11-9-3-1-7(2-4-9)8(6-12)5-10(13)14/h1-4,8H,5-6,12H2,(H,13,14)/i1+1,2+1,3+1,4+1,7+1,9+1. The first kappa shape index (κ1) is 11.0. The van der Waals surface area contributed by atoms with Gasteiger partial charge in [-0.1, -0.05) is 23.7 Å². The molecule has 1 rings (SSSR count). The highest BCUT2D eigenvalue weighted by atomic mass is 35.5. The van der Waals surface area contributed by atoms with Crippen molar-refractivity contribution in [3.63, 3.8) is 0 Å². The van der Waals surface area contributed by atoms with E-state index in [9.17, 15) is 4.79 Å². The fourth-order valence-corrected chi connectivity index (χ4v) is 1.41. The highest BCUT2D eigenvalue weighted by Gasteiger charge is 2.13. The number of hydrogen-bond donors (Lipinski definition) is 2. The van der Waals surface area contributed by atoms with Crippen molar-refractivity contribution in [1.82, 2.24) is 0 Å². The number of benzene rings is 1. The summed E-state index contributed by atoms with van der Waals surface area (Å²) in [5.41, 5.74) is 6.41. The van der Waals surface area contributed by atoms with E-state index in [1.54, 1.807) is 12.1 Å². The van der Waals surface area contributed by atoms with Crippen molar-refractivity contribution in [3.05, 3.63) is 34.9 Å². The molecular formula is C10H12ClNO2. The minimum atomic E-state index is -0.838. The Morgan fingerprint density at radius 3 is 2.43 bits per heavy atom. The van der Waals surface area contributed by atoms with Crippen molar-refractivity contribution < 1.29 is 9.90 Å². The fraction of sp³-hybridized carbons (Fsp3) is 0.300. The van der Waals surface area contributed by atoms with Gasteiger partial charge in [0.2, 0.25) is 0 Å². The Kier molecular flexibility index (Phi) is 3.92. The number of carbonyl (C=O) groups is 1. The summed E-state index contributed by atoms with van der Waals surface area (Å²) in [6.45, 7) is 0.327. The molecule has 4 heteroatoms. The predicted octanol–water partition coefficient (Wildman–Crippen LogP) is 1.86. The SMILES string of the molecule is NCC(CC(=O)O)[13c]1[13cH][13cH][13c](Cl)[13cH][13cH]1. The molecule has 1 aromatic carbocycles. The van der Waals surface area contributed by atoms with E-state index in [0.717, 1.165) is 5.56 Å². The van der Waals surface area contributed by atoms with Gasteiger partial charge in [-0.25, -0.2) is 0 Å². The van der Waals surface area contributed by atoms with Gasteiger partial charge in [-0.2, -0.15) is 0 Å². The Morgan fingerprint density at radius 2 is 2.00 bits per heavy atom. The van der Waals surface area contributed by atoms with Crippen molar-refractivity contribution in [3.8, 4) is 0 Å². The Balaban J connectivity index is 2.78. The summed E-state index contributed by atoms with van der Waals surface area (Å²) in [6, 6.07) is 7.09. The fourth-order valence-electron chi connectivity index (χ4n) is 1.28. The van der Waals surface area contributed by atoms with Gasteiger partial charge in [0.1, 0.15) is 0 Å². The topological polar surface area (TPSA) is 63.3 Å². The molecule has 0 aliphatic rings. The van der Waals surface area contributed by atoms with Crippen molar-refractivity contribution in [2.75, 3.05) is 6.54 Å². The first-order chi connectivity index (χ1) is 6.63. The summed E-state index contributed by atoms with van der Waals surface area (Å²) in [6.07, 6.45) is 0.0537. The molecule has 3 nitrogen and oxygen atoms in total. The van der Waals surface area contributed by atoms with Gasteiger partial charge in [-0.15, -0.1) is 0 Å². The number of halogens is 1. The molecule has 0 aromatic heterocycles. The molecule has 0 radical (unpaired) electrons. The normalized spacial score (nSPS) is 12.4. The smallest absolute Gasteiger partial charge is 0.304 e. The Bertz CT molecular complexity index is 310. The zero-order valence-electron chi connectivity index (χ0n) is 7.61. The van der Waals surface area contributed by atoms with Crippen LogP contribution in [0.15, 0.2) is 24.3 Å². The molecule has 76 valence electrons. The summed E-state index contributed by atoms with van der Waals surface area (Å²) < 4.78 is 0. The summed E-state index contributed by atoms with van der Waals surface area (Å²) in [4.78, 5) is 10.5. The summed E-state index contributed by atoms with van der Waals surface area (Å²) in [7, 11) is 0. The second-order valence-electron chi connectivity index (χ2n) is 3.08. The third-order valence-corrected chi connectivity index (χ3v) is 2.30. The van der Waals surface area contributed by atoms with Crippen LogP contribution in [0.2, 0.25) is 5.02 Å². The van der Waals surface area contributed by atoms with E-state index in [4.69, 9.17) is 22.4 Å². The molecule has 14 heavy (non-hydrogen) atoms. The largest absolute Gasteiger partial charge is 0.481 e. The molecule has 0 bridgehead atoms. The first-order valence-corrected chi connectivity index (χ1v) is 4.68. The predicted molar refractivity (Wildman–Crippen MR) is 55.5 cm³/mol. The lowest BCUT2D eigenvalue weighted by molar-refractivity contribution is -0.137. The third-order valence-electron chi connectivity index (χ3n) is 2.05. The number of hydrogen-bond acceptors (Lipinski definition) is 2. The highest BCUT2D eigenvalue weighted by molar-refractivity contribution is 6.30. The van der Waals surface area contributed by atoms with Gasteiger partial charge in [-0.3, -0.25) is 4.79 Å². The van der Waals surface area contributed by atoms with Crippen LogP contribution in [0.4, 0.5) is 0 Å². The second kappa shape index (κ2) is 4.98. The third kappa shape index (κ3) is 3.01. The van der Waals surface area contributed by atoms with Crippen molar-refractivity contribution in [2.24, 2.45) is 5.73 Å². The van der Waals surface area contributed by atoms with Crippen LogP contribution in [0, 0.1) is 0 Å². The Hall–Kier alpha value is -1.06. The first-order valence-electron chi connectivity index (χ1n) is 4.31. The number of nitrogens with two attached hydrogens (primary N) is 1. The Morgan fingerprint density at radius 1 is 1.43 bits per heavy atom. The summed E-state index contributed by atoms with van der Waals surface area (Å²) in [5, 5.41) is 9.29. The van der Waals surface area contributed by atoms with Gasteiger partial charge >= 0.3 is 5.97 Å². The van der Waals surface area contributed by atoms with Crippen molar-refractivity contribution in [1.29, 1.82) is 0 Å². The maximum absolute atomic E-state index is 10.5. The van der Waals surface area contributed by atoms with E-state index < -0.39 is 5.97 Å². The van der Waals surface area contributed by atoms with Crippen LogP contribution in [0.5, 0.6) is 0 Å². The van der Waals surface area contributed by atoms with E-state index in [1.807, 2.05) is 12.1 Å². The van der Waals surface area contributed by atoms with E-state index in [-0.39, 0.29) is 12.3 Å². The molecule has 0 aliphatic heterocycles. The zero-order chi connectivity index (χ0) is 10.6. The molecule has 0 amide bonds. The van der Waals surface area contributed by atoms with Crippen molar-refractivity contribution in [2.45, 2.75) is 12.3 Å². The van der Waals surface area contributed by atoms with Gasteiger partial charge in [0.15, 0.2) is 0 Å². The molecule has 0 saturated carbocycles. The minimum absolute atomic E-state index is 0.0537. The van der Waals surface area contributed by atoms with Crippen LogP contribution in [0.1, 0.15) is 17.9 Å². The van der Waals surface area contributed by atoms with Gasteiger partial charge in [-0.05, 0) is 24.2 Å². The van der Waals surface area contributed by atoms with E-state index in [0.29, 0.717) is 11.6 Å². The lowest BCUT2D eigenvalue weighted by atomic mass is 10.2. The van der Waals surface area contributed by atoms with E-state index >= 15 is 0 Å². The van der Waals surface area contributed by atoms with E-state index in [2.05, 4.69) is 0 Å². The van der Waals surface area contributed by atoms with Crippen LogP contribution < -0.4 is 5.73 Å². The molecule has 1 unspecified atom stereocenters. The lowest BCUT2D eigenvalue weighted by Gasteiger charge is -2.12. The summed E-state index contributed by atoms with van der Waals surface area (Å²) >= 11 is 5.72. The number of carboxylic acids is 1. The quantitative estimate of drug-likeness (QED) is 0.813. The van der Waals surface area contributed by atoms with Gasteiger partial charge in [0.25, 0.3) is 0 Å². The zero-order valence-corrected chi connectivity index (χ0v) is 8.37. The van der Waals surface area contributed by atoms with E-state index in [1.165, 1.54) is 0 Å². The molecular weight excluding hydrogens is 208 g/mol. The Labute approximate surface area is 87.5 Å². The van der Waals surface area contributed by atoms with Crippen LogP contribution in [-0.2, 0) is 4.79 Å². The van der Waals surface area contributed by atoms with Crippen LogP contribution in [0.3, 0.4) is 0 Å². The highest BCUT2D eigenvalue weighted by Crippen LogP contribution is 2.20. The maximum Gasteiger partial charge on any atom is 0.304 e. The molecule has 0 aliphatic carbocycles. The molecule has 1 aromatic rings. The van der Waals surface area contributed by atoms with Crippen LogP contribution in [0.25, 0.3) is 0 Å². The number of rotatable bonds is 4. The van der Waals surface area contributed by atoms with Gasteiger partial charge in [0, 0.05) is 10.9 Å². The molecule has 0 saturated heterocycles. The van der Waals surface area contributed by atoms with Crippen LogP contribution in [-0.4, -0.2) is 17.6 Å². The average molecular weight is 220 g/mol. The monoisotopic (exact) mass is 219 g/mol. The van der Waals surface area contributed by atoms with Gasteiger partial charge < -0.3 is 10.8 Å². The molecule has 1 atom stereocenters. The lowest BCUT2D eigenvalue weighted by Crippen LogP contribution is -2.16. The molecule has 0 spiro atoms. The molecule has 0 fully saturated rings.